The molecule has 0 saturated carbocycles. The van der Waals surface area contributed by atoms with Gasteiger partial charge in [-0.25, -0.2) is 4.98 Å². The van der Waals surface area contributed by atoms with Gasteiger partial charge in [0.15, 0.2) is 0 Å². The molecule has 1 aromatic heterocycles. The number of hydrogen-bond donors (Lipinski definition) is 0. The van der Waals surface area contributed by atoms with Crippen molar-refractivity contribution >= 4 is 35.1 Å². The van der Waals surface area contributed by atoms with Gasteiger partial charge >= 0.3 is 5.97 Å². The normalized spacial score (nSPS) is 10.2. The highest BCUT2D eigenvalue weighted by molar-refractivity contribution is 6.41. The zero-order chi connectivity index (χ0) is 15.1. The van der Waals surface area contributed by atoms with E-state index in [1.165, 1.54) is 17.2 Å². The lowest BCUT2D eigenvalue weighted by atomic mass is 10.2. The third-order valence-corrected chi connectivity index (χ3v) is 3.14. The van der Waals surface area contributed by atoms with E-state index in [1.54, 1.807) is 6.92 Å². The predicted octanol–water partition coefficient (Wildman–Crippen LogP) is 2.80. The van der Waals surface area contributed by atoms with Crippen molar-refractivity contribution < 1.29 is 14.3 Å². The van der Waals surface area contributed by atoms with Crippen LogP contribution in [-0.2, 0) is 9.53 Å². The Kier molecular flexibility index (Phi) is 6.75. The van der Waals surface area contributed by atoms with Crippen LogP contribution < -0.4 is 0 Å². The number of carbonyl (C=O) groups is 2. The lowest BCUT2D eigenvalue weighted by Crippen LogP contribution is -2.37. The quantitative estimate of drug-likeness (QED) is 0.597. The van der Waals surface area contributed by atoms with Crippen LogP contribution in [0, 0.1) is 0 Å². The minimum atomic E-state index is -0.442. The monoisotopic (exact) mass is 318 g/mol. The number of carbonyl (C=O) groups excluding carboxylic acids is 2. The van der Waals surface area contributed by atoms with Crippen molar-refractivity contribution in [3.8, 4) is 0 Å². The molecular formula is C13H16Cl2N2O3. The van der Waals surface area contributed by atoms with Crippen LogP contribution in [0.15, 0.2) is 12.3 Å². The molecule has 0 unspecified atom stereocenters. The standard InChI is InChI=1S/C13H16Cl2N2O3/c1-3-5-17(8-11(18)20-4-2)13(19)9-6-10(14)12(15)16-7-9/h6-7H,3-5,8H2,1-2H3. The predicted molar refractivity (Wildman–Crippen MR) is 77.1 cm³/mol. The Morgan fingerprint density at radius 2 is 2.05 bits per heavy atom. The highest BCUT2D eigenvalue weighted by atomic mass is 35.5. The summed E-state index contributed by atoms with van der Waals surface area (Å²) >= 11 is 11.5. The molecule has 1 rings (SSSR count). The average molecular weight is 319 g/mol. The second-order valence-electron chi connectivity index (χ2n) is 4.03. The zero-order valence-corrected chi connectivity index (χ0v) is 12.9. The van der Waals surface area contributed by atoms with Crippen LogP contribution in [0.5, 0.6) is 0 Å². The van der Waals surface area contributed by atoms with Gasteiger partial charge in [0.05, 0.1) is 17.2 Å². The second kappa shape index (κ2) is 8.07. The maximum Gasteiger partial charge on any atom is 0.325 e. The highest BCUT2D eigenvalue weighted by Gasteiger charge is 2.19. The summed E-state index contributed by atoms with van der Waals surface area (Å²) in [6.07, 6.45) is 2.06. The van der Waals surface area contributed by atoms with Crippen LogP contribution in [0.1, 0.15) is 30.6 Å². The topological polar surface area (TPSA) is 59.5 Å². The van der Waals surface area contributed by atoms with E-state index in [0.29, 0.717) is 6.54 Å². The van der Waals surface area contributed by atoms with E-state index in [4.69, 9.17) is 27.9 Å². The molecule has 1 aromatic rings. The summed E-state index contributed by atoms with van der Waals surface area (Å²) in [5.41, 5.74) is 0.289. The fourth-order valence-corrected chi connectivity index (χ4v) is 1.88. The molecular weight excluding hydrogens is 303 g/mol. The number of aromatic nitrogens is 1. The van der Waals surface area contributed by atoms with E-state index in [0.717, 1.165) is 6.42 Å². The van der Waals surface area contributed by atoms with E-state index in [2.05, 4.69) is 4.98 Å². The molecule has 0 N–H and O–H groups in total. The minimum Gasteiger partial charge on any atom is -0.465 e. The molecule has 0 aliphatic heterocycles. The molecule has 20 heavy (non-hydrogen) atoms. The first-order valence-corrected chi connectivity index (χ1v) is 7.01. The molecule has 0 bridgehead atoms. The Bertz CT molecular complexity index is 495. The smallest absolute Gasteiger partial charge is 0.325 e. The summed E-state index contributed by atoms with van der Waals surface area (Å²) in [4.78, 5) is 29.1. The van der Waals surface area contributed by atoms with Crippen molar-refractivity contribution in [2.75, 3.05) is 19.7 Å². The van der Waals surface area contributed by atoms with Crippen LogP contribution in [0.25, 0.3) is 0 Å². The fraction of sp³-hybridized carbons (Fsp3) is 0.462. The summed E-state index contributed by atoms with van der Waals surface area (Å²) < 4.78 is 4.85. The molecule has 110 valence electrons. The molecule has 0 radical (unpaired) electrons. The maximum absolute atomic E-state index is 12.3. The first kappa shape index (κ1) is 16.7. The van der Waals surface area contributed by atoms with Crippen molar-refractivity contribution in [3.63, 3.8) is 0 Å². The Hall–Kier alpha value is -1.33. The SMILES string of the molecule is CCCN(CC(=O)OCC)C(=O)c1cnc(Cl)c(Cl)c1. The summed E-state index contributed by atoms with van der Waals surface area (Å²) in [6, 6.07) is 1.44. The van der Waals surface area contributed by atoms with Gasteiger partial charge in [-0.05, 0) is 19.4 Å². The van der Waals surface area contributed by atoms with Gasteiger partial charge in [0.25, 0.3) is 5.91 Å². The van der Waals surface area contributed by atoms with E-state index in [9.17, 15) is 9.59 Å². The summed E-state index contributed by atoms with van der Waals surface area (Å²) in [6.45, 7) is 4.26. The lowest BCUT2D eigenvalue weighted by molar-refractivity contribution is -0.143. The molecule has 7 heteroatoms. The average Bonchev–Trinajstić information content (AvgIpc) is 2.41. The zero-order valence-electron chi connectivity index (χ0n) is 11.4. The Morgan fingerprint density at radius 3 is 2.60 bits per heavy atom. The van der Waals surface area contributed by atoms with Gasteiger partial charge in [-0.2, -0.15) is 0 Å². The van der Waals surface area contributed by atoms with Gasteiger partial charge in [0.2, 0.25) is 0 Å². The first-order valence-electron chi connectivity index (χ1n) is 6.25. The maximum atomic E-state index is 12.3. The van der Waals surface area contributed by atoms with Crippen LogP contribution in [0.2, 0.25) is 10.2 Å². The molecule has 0 fully saturated rings. The second-order valence-corrected chi connectivity index (χ2v) is 4.79. The summed E-state index contributed by atoms with van der Waals surface area (Å²) in [5, 5.41) is 0.334. The van der Waals surface area contributed by atoms with Gasteiger partial charge in [-0.3, -0.25) is 9.59 Å². The van der Waals surface area contributed by atoms with Crippen LogP contribution in [0.3, 0.4) is 0 Å². The van der Waals surface area contributed by atoms with E-state index in [-0.39, 0.29) is 34.8 Å². The van der Waals surface area contributed by atoms with Crippen molar-refractivity contribution in [3.05, 3.63) is 28.0 Å². The number of ether oxygens (including phenoxy) is 1. The van der Waals surface area contributed by atoms with Gasteiger partial charge in [-0.15, -0.1) is 0 Å². The molecule has 0 aromatic carbocycles. The molecule has 5 nitrogen and oxygen atoms in total. The van der Waals surface area contributed by atoms with Crippen LogP contribution in [0.4, 0.5) is 0 Å². The highest BCUT2D eigenvalue weighted by Crippen LogP contribution is 2.20. The van der Waals surface area contributed by atoms with Gasteiger partial charge in [-0.1, -0.05) is 30.1 Å². The van der Waals surface area contributed by atoms with Crippen LogP contribution >= 0.6 is 23.2 Å². The number of amides is 1. The Morgan fingerprint density at radius 1 is 1.35 bits per heavy atom. The number of nitrogens with zero attached hydrogens (tertiary/aromatic N) is 2. The van der Waals surface area contributed by atoms with Crippen molar-refractivity contribution in [2.45, 2.75) is 20.3 Å². The Balaban J connectivity index is 2.87. The first-order chi connectivity index (χ1) is 9.49. The largest absolute Gasteiger partial charge is 0.465 e. The summed E-state index contributed by atoms with van der Waals surface area (Å²) in [7, 11) is 0. The van der Waals surface area contributed by atoms with E-state index >= 15 is 0 Å². The molecule has 0 saturated heterocycles. The number of halogens is 2. The fourth-order valence-electron chi connectivity index (χ4n) is 1.61. The number of esters is 1. The number of pyridine rings is 1. The molecule has 1 heterocycles. The van der Waals surface area contributed by atoms with Crippen molar-refractivity contribution in [2.24, 2.45) is 0 Å². The molecule has 0 aliphatic carbocycles. The summed E-state index contributed by atoms with van der Waals surface area (Å²) in [5.74, 6) is -0.770. The Labute approximate surface area is 127 Å². The number of rotatable bonds is 6. The van der Waals surface area contributed by atoms with E-state index in [1.807, 2.05) is 6.92 Å². The minimum absolute atomic E-state index is 0.0965. The lowest BCUT2D eigenvalue weighted by Gasteiger charge is -2.21. The van der Waals surface area contributed by atoms with Crippen molar-refractivity contribution in [1.29, 1.82) is 0 Å². The number of hydrogen-bond acceptors (Lipinski definition) is 4. The molecule has 0 atom stereocenters. The van der Waals surface area contributed by atoms with Crippen LogP contribution in [-0.4, -0.2) is 41.5 Å². The third-order valence-electron chi connectivity index (χ3n) is 2.45. The van der Waals surface area contributed by atoms with Gasteiger partial charge in [0.1, 0.15) is 11.7 Å². The van der Waals surface area contributed by atoms with Gasteiger partial charge in [0, 0.05) is 12.7 Å². The molecule has 1 amide bonds. The molecule has 0 spiro atoms. The van der Waals surface area contributed by atoms with Gasteiger partial charge < -0.3 is 9.64 Å². The van der Waals surface area contributed by atoms with E-state index < -0.39 is 5.97 Å². The molecule has 0 aliphatic rings. The van der Waals surface area contributed by atoms with Crippen molar-refractivity contribution in [1.82, 2.24) is 9.88 Å². The third kappa shape index (κ3) is 4.65.